The second kappa shape index (κ2) is 11.4. The molecule has 182 valence electrons. The second-order valence-corrected chi connectivity index (χ2v) is 9.42. The van der Waals surface area contributed by atoms with Gasteiger partial charge in [-0.15, -0.1) is 0 Å². The molecule has 1 aromatic heterocycles. The molecule has 0 bridgehead atoms. The third kappa shape index (κ3) is 7.07. The van der Waals surface area contributed by atoms with Gasteiger partial charge < -0.3 is 10.2 Å². The predicted octanol–water partition coefficient (Wildman–Crippen LogP) is 4.69. The smallest absolute Gasteiger partial charge is 0.229 e. The molecule has 4 rings (SSSR count). The lowest BCUT2D eigenvalue weighted by atomic mass is 10.1. The normalized spacial score (nSPS) is 14.6. The lowest BCUT2D eigenvalue weighted by Crippen LogP contribution is -2.50. The summed E-state index contributed by atoms with van der Waals surface area (Å²) in [6.07, 6.45) is 0. The van der Waals surface area contributed by atoms with Crippen LogP contribution in [0.25, 0.3) is 0 Å². The van der Waals surface area contributed by atoms with E-state index in [1.807, 2.05) is 26.0 Å². The summed E-state index contributed by atoms with van der Waals surface area (Å²) in [6, 6.07) is 18.8. The first kappa shape index (κ1) is 24.8. The number of nitrogens with one attached hydrogen (secondary N) is 2. The fraction of sp³-hybridized carbons (Fsp3) is 0.333. The number of guanidine groups is 1. The van der Waals surface area contributed by atoms with Crippen molar-refractivity contribution in [2.24, 2.45) is 4.99 Å². The average molecular weight is 488 g/mol. The Kier molecular flexibility index (Phi) is 8.05. The highest BCUT2D eigenvalue weighted by molar-refractivity contribution is 7.80. The van der Waals surface area contributed by atoms with E-state index in [-0.39, 0.29) is 0 Å². The zero-order valence-corrected chi connectivity index (χ0v) is 21.7. The molecule has 0 atom stereocenters. The van der Waals surface area contributed by atoms with E-state index < -0.39 is 0 Å². The molecule has 1 aliphatic rings. The summed E-state index contributed by atoms with van der Waals surface area (Å²) in [5.41, 5.74) is 6.44. The monoisotopic (exact) mass is 487 g/mol. The predicted molar refractivity (Wildman–Crippen MR) is 148 cm³/mol. The molecule has 0 aliphatic carbocycles. The van der Waals surface area contributed by atoms with Gasteiger partial charge in [0.05, 0.1) is 0 Å². The Morgan fingerprint density at radius 3 is 2.23 bits per heavy atom. The van der Waals surface area contributed by atoms with E-state index in [1.54, 1.807) is 0 Å². The Hall–Kier alpha value is -3.36. The van der Waals surface area contributed by atoms with Crippen LogP contribution in [0.5, 0.6) is 0 Å². The van der Waals surface area contributed by atoms with E-state index in [9.17, 15) is 0 Å². The van der Waals surface area contributed by atoms with E-state index in [0.717, 1.165) is 55.4 Å². The van der Waals surface area contributed by atoms with Gasteiger partial charge in [-0.2, -0.15) is 4.99 Å². The average Bonchev–Trinajstić information content (AvgIpc) is 2.81. The molecule has 0 amide bonds. The first-order valence-corrected chi connectivity index (χ1v) is 12.3. The van der Waals surface area contributed by atoms with Gasteiger partial charge in [-0.05, 0) is 63.2 Å². The maximum Gasteiger partial charge on any atom is 0.229 e. The lowest BCUT2D eigenvalue weighted by molar-refractivity contribution is 0.175. The van der Waals surface area contributed by atoms with Crippen LogP contribution in [0.1, 0.15) is 28.1 Å². The molecule has 0 saturated carbocycles. The molecule has 1 aliphatic heterocycles. The molecule has 1 fully saturated rings. The van der Waals surface area contributed by atoms with Gasteiger partial charge in [0.1, 0.15) is 0 Å². The SMILES string of the molecule is Cc1ccc(NC(=S)/N=C(/Nc2nc(C)cc(C)n2)N2CCN(Cc3ccccc3)CC2)c(C)c1. The van der Waals surface area contributed by atoms with Gasteiger partial charge in [-0.25, -0.2) is 9.97 Å². The number of aromatic nitrogens is 2. The highest BCUT2D eigenvalue weighted by Crippen LogP contribution is 2.17. The minimum atomic E-state index is 0.399. The van der Waals surface area contributed by atoms with Crippen molar-refractivity contribution in [3.8, 4) is 0 Å². The molecular formula is C27H33N7S. The summed E-state index contributed by atoms with van der Waals surface area (Å²) >= 11 is 5.64. The molecule has 3 aromatic rings. The van der Waals surface area contributed by atoms with Gasteiger partial charge in [0.25, 0.3) is 0 Å². The Balaban J connectivity index is 1.50. The molecule has 2 N–H and O–H groups in total. The Bertz CT molecular complexity index is 1180. The van der Waals surface area contributed by atoms with Crippen LogP contribution in [0.3, 0.4) is 0 Å². The lowest BCUT2D eigenvalue weighted by Gasteiger charge is -2.36. The van der Waals surface area contributed by atoms with Gasteiger partial charge in [0.15, 0.2) is 0 Å². The van der Waals surface area contributed by atoms with Crippen molar-refractivity contribution in [3.63, 3.8) is 0 Å². The molecule has 2 aromatic carbocycles. The minimum absolute atomic E-state index is 0.399. The maximum absolute atomic E-state index is 5.64. The topological polar surface area (TPSA) is 68.7 Å². The zero-order valence-electron chi connectivity index (χ0n) is 20.9. The fourth-order valence-corrected chi connectivity index (χ4v) is 4.41. The second-order valence-electron chi connectivity index (χ2n) is 9.03. The van der Waals surface area contributed by atoms with Crippen molar-refractivity contribution in [1.82, 2.24) is 19.8 Å². The molecule has 0 radical (unpaired) electrons. The highest BCUT2D eigenvalue weighted by Gasteiger charge is 2.21. The first-order chi connectivity index (χ1) is 16.9. The first-order valence-electron chi connectivity index (χ1n) is 11.9. The van der Waals surface area contributed by atoms with Crippen LogP contribution >= 0.6 is 12.2 Å². The molecular weight excluding hydrogens is 454 g/mol. The van der Waals surface area contributed by atoms with Crippen LogP contribution in [-0.4, -0.2) is 57.0 Å². The summed E-state index contributed by atoms with van der Waals surface area (Å²) in [5.74, 6) is 1.19. The summed E-state index contributed by atoms with van der Waals surface area (Å²) in [4.78, 5) is 18.6. The largest absolute Gasteiger partial charge is 0.340 e. The van der Waals surface area contributed by atoms with Gasteiger partial charge in [-0.1, -0.05) is 48.0 Å². The number of thiocarbonyl (C=S) groups is 1. The molecule has 35 heavy (non-hydrogen) atoms. The maximum atomic E-state index is 5.64. The van der Waals surface area contributed by atoms with E-state index in [4.69, 9.17) is 17.2 Å². The van der Waals surface area contributed by atoms with Crippen LogP contribution in [-0.2, 0) is 6.54 Å². The molecule has 2 heterocycles. The van der Waals surface area contributed by atoms with Crippen LogP contribution in [0.2, 0.25) is 0 Å². The van der Waals surface area contributed by atoms with Crippen molar-refractivity contribution >= 4 is 34.9 Å². The third-order valence-electron chi connectivity index (χ3n) is 5.96. The third-order valence-corrected chi connectivity index (χ3v) is 6.15. The van der Waals surface area contributed by atoms with Crippen molar-refractivity contribution in [3.05, 3.63) is 82.7 Å². The van der Waals surface area contributed by atoms with Crippen molar-refractivity contribution in [2.45, 2.75) is 34.2 Å². The number of nitrogens with zero attached hydrogens (tertiary/aromatic N) is 5. The molecule has 1 saturated heterocycles. The minimum Gasteiger partial charge on any atom is -0.340 e. The Labute approximate surface area is 213 Å². The number of benzene rings is 2. The molecule has 0 unspecified atom stereocenters. The molecule has 0 spiro atoms. The Morgan fingerprint density at radius 1 is 0.886 bits per heavy atom. The summed E-state index contributed by atoms with van der Waals surface area (Å²) in [5, 5.41) is 7.02. The van der Waals surface area contributed by atoms with E-state index >= 15 is 0 Å². The molecule has 7 nitrogen and oxygen atoms in total. The van der Waals surface area contributed by atoms with Crippen LogP contribution in [0.15, 0.2) is 59.6 Å². The number of hydrogen-bond donors (Lipinski definition) is 2. The van der Waals surface area contributed by atoms with Crippen molar-refractivity contribution in [2.75, 3.05) is 36.8 Å². The van der Waals surface area contributed by atoms with Gasteiger partial charge in [0.2, 0.25) is 17.0 Å². The summed E-state index contributed by atoms with van der Waals surface area (Å²) in [6.45, 7) is 12.5. The van der Waals surface area contributed by atoms with E-state index in [2.05, 4.69) is 86.7 Å². The number of rotatable bonds is 4. The van der Waals surface area contributed by atoms with Gasteiger partial charge in [0, 0.05) is 49.8 Å². The van der Waals surface area contributed by atoms with E-state index in [1.165, 1.54) is 11.1 Å². The number of anilines is 2. The van der Waals surface area contributed by atoms with Crippen LogP contribution in [0.4, 0.5) is 11.6 Å². The number of aliphatic imine (C=N–C) groups is 1. The standard InChI is InChI=1S/C27H33N7S/c1-19-10-11-24(20(2)16-19)30-27(35)32-26(31-25-28-21(3)17-22(4)29-25)34-14-12-33(13-15-34)18-23-8-6-5-7-9-23/h5-11,16-17H,12-15,18H2,1-4H3,(H2,28,29,30,31,32,35). The quantitative estimate of drug-likeness (QED) is 0.314. The van der Waals surface area contributed by atoms with Crippen LogP contribution in [0, 0.1) is 27.7 Å². The Morgan fingerprint density at radius 2 is 1.57 bits per heavy atom. The zero-order chi connectivity index (χ0) is 24.8. The highest BCUT2D eigenvalue weighted by atomic mass is 32.1. The number of aryl methyl sites for hydroxylation is 4. The fourth-order valence-electron chi connectivity index (χ4n) is 4.21. The van der Waals surface area contributed by atoms with Crippen molar-refractivity contribution < 1.29 is 0 Å². The van der Waals surface area contributed by atoms with E-state index in [0.29, 0.717) is 17.0 Å². The summed E-state index contributed by atoms with van der Waals surface area (Å²) in [7, 11) is 0. The number of hydrogen-bond acceptors (Lipinski definition) is 4. The summed E-state index contributed by atoms with van der Waals surface area (Å²) < 4.78 is 0. The number of piperazine rings is 1. The van der Waals surface area contributed by atoms with Gasteiger partial charge >= 0.3 is 0 Å². The van der Waals surface area contributed by atoms with Crippen LogP contribution < -0.4 is 10.6 Å². The van der Waals surface area contributed by atoms with Crippen molar-refractivity contribution in [1.29, 1.82) is 0 Å². The molecule has 8 heteroatoms. The van der Waals surface area contributed by atoms with Gasteiger partial charge in [-0.3, -0.25) is 10.2 Å².